The molecule has 0 saturated heterocycles. The zero-order chi connectivity index (χ0) is 25.6. The van der Waals surface area contributed by atoms with Gasteiger partial charge < -0.3 is 10.6 Å². The smallest absolute Gasteiger partial charge is 0.256 e. The average Bonchev–Trinajstić information content (AvgIpc) is 3.20. The lowest BCUT2D eigenvalue weighted by atomic mass is 9.88. The molecule has 35 heavy (non-hydrogen) atoms. The maximum atomic E-state index is 13.0. The summed E-state index contributed by atoms with van der Waals surface area (Å²) in [7, 11) is -2.37. The van der Waals surface area contributed by atoms with Crippen LogP contribution in [0.3, 0.4) is 0 Å². The van der Waals surface area contributed by atoms with E-state index in [0.717, 1.165) is 34.0 Å². The van der Waals surface area contributed by atoms with Crippen molar-refractivity contribution in [3.63, 3.8) is 0 Å². The molecule has 0 radical (unpaired) electrons. The van der Waals surface area contributed by atoms with Crippen LogP contribution in [0.5, 0.6) is 0 Å². The minimum atomic E-state index is -3.93. The summed E-state index contributed by atoms with van der Waals surface area (Å²) in [5.74, 6) is -0.183. The topological polar surface area (TPSA) is 143 Å². The highest BCUT2D eigenvalue weighted by Crippen LogP contribution is 2.39. The minimum absolute atomic E-state index is 0.00237. The predicted molar refractivity (Wildman–Crippen MR) is 133 cm³/mol. The molecule has 1 aliphatic carbocycles. The van der Waals surface area contributed by atoms with Gasteiger partial charge in [-0.3, -0.25) is 9.59 Å². The van der Waals surface area contributed by atoms with Gasteiger partial charge in [-0.25, -0.2) is 8.42 Å². The molecule has 1 heterocycles. The highest BCUT2D eigenvalue weighted by Gasteiger charge is 2.28. The summed E-state index contributed by atoms with van der Waals surface area (Å²) in [6, 6.07) is 9.30. The van der Waals surface area contributed by atoms with Gasteiger partial charge in [0.05, 0.1) is 22.6 Å². The number of hydrogen-bond acceptors (Lipinski definition) is 7. The average molecular weight is 514 g/mol. The fourth-order valence-corrected chi connectivity index (χ4v) is 6.85. The molecule has 1 aliphatic rings. The van der Waals surface area contributed by atoms with Crippen LogP contribution in [0, 0.1) is 28.6 Å². The minimum Gasteiger partial charge on any atom is -0.355 e. The third kappa shape index (κ3) is 5.88. The van der Waals surface area contributed by atoms with Gasteiger partial charge in [-0.05, 0) is 55.0 Å². The van der Waals surface area contributed by atoms with Gasteiger partial charge in [-0.1, -0.05) is 6.92 Å². The van der Waals surface area contributed by atoms with Crippen LogP contribution in [0.25, 0.3) is 0 Å². The number of carbonyl (C=O) groups excluding carboxylic acids is 2. The number of anilines is 1. The number of fused-ring (bicyclic) bond motifs is 1. The maximum Gasteiger partial charge on any atom is 0.256 e. The Kier molecular flexibility index (Phi) is 8.62. The Hall–Kier alpha value is -3.25. The summed E-state index contributed by atoms with van der Waals surface area (Å²) in [6.07, 6.45) is 2.63. The Labute approximate surface area is 209 Å². The fraction of sp³-hybridized carbons (Fsp3) is 0.417. The van der Waals surface area contributed by atoms with Crippen molar-refractivity contribution in [1.29, 1.82) is 10.5 Å². The standard InChI is InChI=1S/C24H27N5O4S2/c1-16-5-10-19-20(15-16)34-24(21(19)23(31)27-2)28-22(30)17-6-8-18(9-7-17)35(32,33)29(13-3-11-25)14-4-12-26/h6-9,16H,3-5,10,13-15H2,1-2H3,(H,27,31)(H,28,30). The zero-order valence-electron chi connectivity index (χ0n) is 19.6. The van der Waals surface area contributed by atoms with E-state index in [9.17, 15) is 18.0 Å². The number of carbonyl (C=O) groups is 2. The first-order valence-electron chi connectivity index (χ1n) is 11.2. The van der Waals surface area contributed by atoms with E-state index in [0.29, 0.717) is 16.5 Å². The van der Waals surface area contributed by atoms with E-state index in [1.165, 1.54) is 35.6 Å². The lowest BCUT2D eigenvalue weighted by Gasteiger charge is -2.20. The molecule has 1 atom stereocenters. The van der Waals surface area contributed by atoms with Gasteiger partial charge >= 0.3 is 0 Å². The lowest BCUT2D eigenvalue weighted by Crippen LogP contribution is -2.32. The molecule has 9 nitrogen and oxygen atoms in total. The summed E-state index contributed by atoms with van der Waals surface area (Å²) in [5, 5.41) is 23.6. The second kappa shape index (κ2) is 11.5. The first-order valence-corrected chi connectivity index (χ1v) is 13.5. The molecule has 11 heteroatoms. The molecule has 3 rings (SSSR count). The molecule has 2 amide bonds. The molecular weight excluding hydrogens is 486 g/mol. The molecule has 1 aromatic heterocycles. The highest BCUT2D eigenvalue weighted by atomic mass is 32.2. The van der Waals surface area contributed by atoms with Gasteiger partial charge in [-0.15, -0.1) is 11.3 Å². The van der Waals surface area contributed by atoms with Crippen molar-refractivity contribution in [3.05, 3.63) is 45.8 Å². The third-order valence-electron chi connectivity index (χ3n) is 5.89. The molecule has 0 aliphatic heterocycles. The highest BCUT2D eigenvalue weighted by molar-refractivity contribution is 7.89. The Bertz CT molecular complexity index is 1270. The Balaban J connectivity index is 1.83. The molecule has 0 spiro atoms. The molecule has 1 aromatic carbocycles. The number of benzene rings is 1. The summed E-state index contributed by atoms with van der Waals surface area (Å²) in [6.45, 7) is 2.12. The number of amides is 2. The summed E-state index contributed by atoms with van der Waals surface area (Å²) < 4.78 is 27.0. The van der Waals surface area contributed by atoms with Gasteiger partial charge in [0.2, 0.25) is 10.0 Å². The van der Waals surface area contributed by atoms with Crippen molar-refractivity contribution in [2.24, 2.45) is 5.92 Å². The van der Waals surface area contributed by atoms with Gasteiger partial charge in [0, 0.05) is 43.4 Å². The van der Waals surface area contributed by atoms with E-state index >= 15 is 0 Å². The van der Waals surface area contributed by atoms with E-state index in [2.05, 4.69) is 17.6 Å². The summed E-state index contributed by atoms with van der Waals surface area (Å²) in [4.78, 5) is 26.6. The van der Waals surface area contributed by atoms with Crippen LogP contribution in [0.4, 0.5) is 5.00 Å². The van der Waals surface area contributed by atoms with Gasteiger partial charge in [-0.2, -0.15) is 14.8 Å². The van der Waals surface area contributed by atoms with E-state index in [-0.39, 0.29) is 42.3 Å². The number of rotatable bonds is 9. The number of sulfonamides is 1. The summed E-state index contributed by atoms with van der Waals surface area (Å²) in [5.41, 5.74) is 1.73. The van der Waals surface area contributed by atoms with Crippen molar-refractivity contribution < 1.29 is 18.0 Å². The molecular formula is C24H27N5O4S2. The second-order valence-electron chi connectivity index (χ2n) is 8.33. The van der Waals surface area contributed by atoms with Crippen LogP contribution in [0.1, 0.15) is 57.3 Å². The van der Waals surface area contributed by atoms with Crippen LogP contribution in [-0.2, 0) is 22.9 Å². The van der Waals surface area contributed by atoms with Crippen molar-refractivity contribution in [2.45, 2.75) is 43.9 Å². The van der Waals surface area contributed by atoms with Gasteiger partial charge in [0.1, 0.15) is 5.00 Å². The van der Waals surface area contributed by atoms with Gasteiger partial charge in [0.25, 0.3) is 11.8 Å². The first-order chi connectivity index (χ1) is 16.7. The van der Waals surface area contributed by atoms with E-state index < -0.39 is 15.9 Å². The Morgan fingerprint density at radius 1 is 1.11 bits per heavy atom. The Morgan fingerprint density at radius 3 is 2.31 bits per heavy atom. The van der Waals surface area contributed by atoms with Crippen LogP contribution < -0.4 is 10.6 Å². The van der Waals surface area contributed by atoms with Crippen molar-refractivity contribution >= 4 is 38.2 Å². The number of nitrogens with one attached hydrogen (secondary N) is 2. The second-order valence-corrected chi connectivity index (χ2v) is 11.4. The number of nitriles is 2. The normalized spacial score (nSPS) is 15.1. The Morgan fingerprint density at radius 2 is 1.74 bits per heavy atom. The van der Waals surface area contributed by atoms with E-state index in [4.69, 9.17) is 10.5 Å². The third-order valence-corrected chi connectivity index (χ3v) is 8.98. The van der Waals surface area contributed by atoms with Crippen LogP contribution in [-0.4, -0.2) is 44.7 Å². The van der Waals surface area contributed by atoms with E-state index in [1.54, 1.807) is 7.05 Å². The first kappa shape index (κ1) is 26.4. The maximum absolute atomic E-state index is 13.0. The molecule has 0 saturated carbocycles. The van der Waals surface area contributed by atoms with Crippen LogP contribution in [0.15, 0.2) is 29.2 Å². The number of nitrogens with zero attached hydrogens (tertiary/aromatic N) is 3. The molecule has 2 N–H and O–H groups in total. The monoisotopic (exact) mass is 513 g/mol. The van der Waals surface area contributed by atoms with Gasteiger partial charge in [0.15, 0.2) is 0 Å². The van der Waals surface area contributed by atoms with Crippen LogP contribution in [0.2, 0.25) is 0 Å². The molecule has 0 bridgehead atoms. The number of hydrogen-bond donors (Lipinski definition) is 2. The van der Waals surface area contributed by atoms with Crippen molar-refractivity contribution in [1.82, 2.24) is 9.62 Å². The van der Waals surface area contributed by atoms with Crippen molar-refractivity contribution in [2.75, 3.05) is 25.5 Å². The zero-order valence-corrected chi connectivity index (χ0v) is 21.3. The quantitative estimate of drug-likeness (QED) is 0.527. The summed E-state index contributed by atoms with van der Waals surface area (Å²) >= 11 is 1.41. The molecule has 184 valence electrons. The SMILES string of the molecule is CNC(=O)c1c(NC(=O)c2ccc(S(=O)(=O)N(CCC#N)CCC#N)cc2)sc2c1CCC(C)C2. The fourth-order valence-electron chi connectivity index (χ4n) is 4.01. The van der Waals surface area contributed by atoms with Crippen molar-refractivity contribution in [3.8, 4) is 12.1 Å². The largest absolute Gasteiger partial charge is 0.355 e. The molecule has 0 fully saturated rings. The van der Waals surface area contributed by atoms with Crippen LogP contribution >= 0.6 is 11.3 Å². The number of thiophene rings is 1. The molecule has 1 unspecified atom stereocenters. The van der Waals surface area contributed by atoms with E-state index in [1.807, 2.05) is 12.1 Å². The predicted octanol–water partition coefficient (Wildman–Crippen LogP) is 3.30. The molecule has 2 aromatic rings. The lowest BCUT2D eigenvalue weighted by molar-refractivity contribution is 0.0963.